The molecule has 0 fully saturated rings. The van der Waals surface area contributed by atoms with Crippen molar-refractivity contribution in [1.29, 1.82) is 0 Å². The maximum atomic E-state index is 12.3. The van der Waals surface area contributed by atoms with Crippen molar-refractivity contribution in [3.63, 3.8) is 0 Å². The number of rotatable bonds is 6. The third kappa shape index (κ3) is 5.26. The lowest BCUT2D eigenvalue weighted by atomic mass is 10.00. The van der Waals surface area contributed by atoms with Gasteiger partial charge in [-0.1, -0.05) is 68.4 Å². The molecule has 1 atom stereocenters. The largest absolute Gasteiger partial charge is 0.465 e. The fourth-order valence-corrected chi connectivity index (χ4v) is 4.48. The zero-order valence-corrected chi connectivity index (χ0v) is 19.2. The summed E-state index contributed by atoms with van der Waals surface area (Å²) >= 11 is 6.99. The van der Waals surface area contributed by atoms with Crippen LogP contribution in [0.15, 0.2) is 60.7 Å². The fourth-order valence-electron chi connectivity index (χ4n) is 3.08. The van der Waals surface area contributed by atoms with Crippen LogP contribution in [0.1, 0.15) is 54.2 Å². The summed E-state index contributed by atoms with van der Waals surface area (Å²) in [5, 5.41) is 7.61. The van der Waals surface area contributed by atoms with Gasteiger partial charge < -0.3 is 15.4 Å². The lowest BCUT2D eigenvalue weighted by molar-refractivity contribution is 0.0602. The van der Waals surface area contributed by atoms with E-state index in [0.29, 0.717) is 21.6 Å². The van der Waals surface area contributed by atoms with E-state index in [1.54, 1.807) is 0 Å². The SMILES string of the molecule is COC(=O)c1cc(-c2ccccc2)sc1NC(=S)NC(C)c1ccc(C(C)C)cc1. The maximum Gasteiger partial charge on any atom is 0.340 e. The lowest BCUT2D eigenvalue weighted by Gasteiger charge is -2.18. The molecular formula is C24H26N2O2S2. The second-order valence-electron chi connectivity index (χ2n) is 7.35. The van der Waals surface area contributed by atoms with Crippen LogP contribution < -0.4 is 10.6 Å². The minimum atomic E-state index is -0.393. The highest BCUT2D eigenvalue weighted by molar-refractivity contribution is 7.80. The first-order chi connectivity index (χ1) is 14.4. The van der Waals surface area contributed by atoms with Gasteiger partial charge in [0, 0.05) is 4.88 Å². The van der Waals surface area contributed by atoms with Gasteiger partial charge in [-0.05, 0) is 47.8 Å². The molecule has 1 aromatic heterocycles. The molecule has 6 heteroatoms. The summed E-state index contributed by atoms with van der Waals surface area (Å²) in [4.78, 5) is 13.2. The number of esters is 1. The molecule has 0 amide bonds. The Morgan fingerprint density at radius 2 is 1.63 bits per heavy atom. The van der Waals surface area contributed by atoms with Gasteiger partial charge in [-0.25, -0.2) is 4.79 Å². The van der Waals surface area contributed by atoms with Crippen LogP contribution in [0, 0.1) is 0 Å². The van der Waals surface area contributed by atoms with Gasteiger partial charge in [0.1, 0.15) is 5.00 Å². The number of thiocarbonyl (C=S) groups is 1. The van der Waals surface area contributed by atoms with E-state index in [4.69, 9.17) is 17.0 Å². The first-order valence-corrected chi connectivity index (χ1v) is 11.1. The van der Waals surface area contributed by atoms with Crippen LogP contribution >= 0.6 is 23.6 Å². The second kappa shape index (κ2) is 9.87. The number of carbonyl (C=O) groups excluding carboxylic acids is 1. The minimum absolute atomic E-state index is 0.0290. The molecule has 4 nitrogen and oxygen atoms in total. The summed E-state index contributed by atoms with van der Waals surface area (Å²) < 4.78 is 4.95. The van der Waals surface area contributed by atoms with E-state index in [1.807, 2.05) is 36.4 Å². The van der Waals surface area contributed by atoms with Crippen molar-refractivity contribution in [1.82, 2.24) is 5.32 Å². The summed E-state index contributed by atoms with van der Waals surface area (Å²) in [6.45, 7) is 6.42. The zero-order valence-electron chi connectivity index (χ0n) is 17.6. The number of anilines is 1. The molecule has 1 unspecified atom stereocenters. The van der Waals surface area contributed by atoms with Crippen molar-refractivity contribution in [2.45, 2.75) is 32.7 Å². The van der Waals surface area contributed by atoms with E-state index >= 15 is 0 Å². The first kappa shape index (κ1) is 22.0. The molecule has 0 bridgehead atoms. The van der Waals surface area contributed by atoms with Gasteiger partial charge in [-0.3, -0.25) is 0 Å². The standard InChI is InChI=1S/C24H26N2O2S2/c1-15(2)17-10-12-18(13-11-17)16(3)25-24(29)26-22-20(23(27)28-4)14-21(30-22)19-8-6-5-7-9-19/h5-16H,1-4H3,(H2,25,26,29). The van der Waals surface area contributed by atoms with Crippen LogP contribution in [0.4, 0.5) is 5.00 Å². The summed E-state index contributed by atoms with van der Waals surface area (Å²) in [7, 11) is 1.38. The molecule has 1 heterocycles. The van der Waals surface area contributed by atoms with E-state index in [0.717, 1.165) is 16.0 Å². The Kier molecular flexibility index (Phi) is 7.24. The molecule has 0 aliphatic rings. The minimum Gasteiger partial charge on any atom is -0.465 e. The van der Waals surface area contributed by atoms with Crippen LogP contribution in [-0.4, -0.2) is 18.2 Å². The van der Waals surface area contributed by atoms with Crippen LogP contribution in [-0.2, 0) is 4.74 Å². The van der Waals surface area contributed by atoms with Gasteiger partial charge in [0.2, 0.25) is 0 Å². The van der Waals surface area contributed by atoms with E-state index in [1.165, 1.54) is 24.0 Å². The molecule has 0 radical (unpaired) electrons. The molecule has 0 aliphatic heterocycles. The molecule has 0 spiro atoms. The predicted octanol–water partition coefficient (Wildman–Crippen LogP) is 6.37. The molecule has 0 aliphatic carbocycles. The average molecular weight is 439 g/mol. The Morgan fingerprint density at radius 1 is 1.00 bits per heavy atom. The van der Waals surface area contributed by atoms with Gasteiger partial charge in [0.05, 0.1) is 18.7 Å². The molecule has 156 valence electrons. The normalized spacial score (nSPS) is 11.8. The van der Waals surface area contributed by atoms with Crippen LogP contribution in [0.5, 0.6) is 0 Å². The van der Waals surface area contributed by atoms with Crippen molar-refractivity contribution in [3.8, 4) is 10.4 Å². The maximum absolute atomic E-state index is 12.3. The van der Waals surface area contributed by atoms with Crippen molar-refractivity contribution in [3.05, 3.63) is 77.4 Å². The number of hydrogen-bond acceptors (Lipinski definition) is 4. The quantitative estimate of drug-likeness (QED) is 0.346. The summed E-state index contributed by atoms with van der Waals surface area (Å²) in [5.41, 5.74) is 3.96. The van der Waals surface area contributed by atoms with Gasteiger partial charge in [0.15, 0.2) is 5.11 Å². The third-order valence-corrected chi connectivity index (χ3v) is 6.19. The number of hydrogen-bond donors (Lipinski definition) is 2. The molecule has 3 aromatic rings. The number of carbonyl (C=O) groups is 1. The molecule has 0 saturated heterocycles. The van der Waals surface area contributed by atoms with E-state index in [2.05, 4.69) is 55.7 Å². The van der Waals surface area contributed by atoms with Crippen molar-refractivity contribution >= 4 is 39.6 Å². The monoisotopic (exact) mass is 438 g/mol. The molecular weight excluding hydrogens is 412 g/mol. The predicted molar refractivity (Wildman–Crippen MR) is 129 cm³/mol. The second-order valence-corrected chi connectivity index (χ2v) is 8.81. The Labute approximate surface area is 187 Å². The molecule has 3 rings (SSSR count). The molecule has 2 aromatic carbocycles. The molecule has 0 saturated carbocycles. The molecule has 2 N–H and O–H groups in total. The Morgan fingerprint density at radius 3 is 2.23 bits per heavy atom. The third-order valence-electron chi connectivity index (χ3n) is 4.87. The summed E-state index contributed by atoms with van der Waals surface area (Å²) in [5.74, 6) is 0.107. The van der Waals surface area contributed by atoms with Crippen LogP contribution in [0.2, 0.25) is 0 Å². The summed E-state index contributed by atoms with van der Waals surface area (Å²) in [6, 6.07) is 20.3. The van der Waals surface area contributed by atoms with Gasteiger partial charge in [0.25, 0.3) is 0 Å². The zero-order chi connectivity index (χ0) is 21.7. The fraction of sp³-hybridized carbons (Fsp3) is 0.250. The number of nitrogens with one attached hydrogen (secondary N) is 2. The van der Waals surface area contributed by atoms with Gasteiger partial charge in [-0.2, -0.15) is 0 Å². The first-order valence-electron chi connectivity index (χ1n) is 9.84. The van der Waals surface area contributed by atoms with E-state index in [-0.39, 0.29) is 6.04 Å². The van der Waals surface area contributed by atoms with Crippen molar-refractivity contribution < 1.29 is 9.53 Å². The van der Waals surface area contributed by atoms with Crippen molar-refractivity contribution in [2.75, 3.05) is 12.4 Å². The van der Waals surface area contributed by atoms with Crippen molar-refractivity contribution in [2.24, 2.45) is 0 Å². The Bertz CT molecular complexity index is 1010. The topological polar surface area (TPSA) is 50.4 Å². The Balaban J connectivity index is 1.75. The lowest BCUT2D eigenvalue weighted by Crippen LogP contribution is -2.31. The van der Waals surface area contributed by atoms with Gasteiger partial charge in [-0.15, -0.1) is 11.3 Å². The number of ether oxygens (including phenoxy) is 1. The highest BCUT2D eigenvalue weighted by Crippen LogP contribution is 2.36. The van der Waals surface area contributed by atoms with E-state index < -0.39 is 5.97 Å². The highest BCUT2D eigenvalue weighted by Gasteiger charge is 2.19. The Hall–Kier alpha value is -2.70. The number of methoxy groups -OCH3 is 1. The molecule has 30 heavy (non-hydrogen) atoms. The summed E-state index contributed by atoms with van der Waals surface area (Å²) in [6.07, 6.45) is 0. The number of thiophene rings is 1. The smallest absolute Gasteiger partial charge is 0.340 e. The highest BCUT2D eigenvalue weighted by atomic mass is 32.1. The van der Waals surface area contributed by atoms with Crippen LogP contribution in [0.3, 0.4) is 0 Å². The average Bonchev–Trinajstić information content (AvgIpc) is 3.17. The van der Waals surface area contributed by atoms with Crippen LogP contribution in [0.25, 0.3) is 10.4 Å². The van der Waals surface area contributed by atoms with E-state index in [9.17, 15) is 4.79 Å². The van der Waals surface area contributed by atoms with Gasteiger partial charge >= 0.3 is 5.97 Å². The number of benzene rings is 2.